The Morgan fingerprint density at radius 2 is 2.07 bits per heavy atom. The van der Waals surface area contributed by atoms with Crippen molar-refractivity contribution in [1.82, 2.24) is 0 Å². The highest BCUT2D eigenvalue weighted by Crippen LogP contribution is 2.32. The molecule has 1 aliphatic rings. The molecule has 0 fully saturated rings. The van der Waals surface area contributed by atoms with Gasteiger partial charge in [-0.2, -0.15) is 0 Å². The third-order valence-corrected chi connectivity index (χ3v) is 2.64. The van der Waals surface area contributed by atoms with Crippen LogP contribution >= 0.6 is 0 Å². The predicted molar refractivity (Wildman–Crippen MR) is 57.8 cm³/mol. The highest BCUT2D eigenvalue weighted by molar-refractivity contribution is 6.04. The summed E-state index contributed by atoms with van der Waals surface area (Å²) in [5.74, 6) is 0.243. The van der Waals surface area contributed by atoms with Crippen molar-refractivity contribution in [3.8, 4) is 0 Å². The number of nitrogens with one attached hydrogen (secondary N) is 1. The Morgan fingerprint density at radius 3 is 2.79 bits per heavy atom. The maximum atomic E-state index is 11.8. The van der Waals surface area contributed by atoms with Crippen LogP contribution < -0.4 is 5.32 Å². The molecule has 0 unspecified atom stereocenters. The minimum Gasteiger partial charge on any atom is -0.379 e. The molecule has 0 bridgehead atoms. The molecule has 1 aromatic rings. The van der Waals surface area contributed by atoms with E-state index < -0.39 is 0 Å². The van der Waals surface area contributed by atoms with Crippen molar-refractivity contribution in [2.45, 2.75) is 32.7 Å². The first kappa shape index (κ1) is 9.25. The van der Waals surface area contributed by atoms with Crippen molar-refractivity contribution in [2.24, 2.45) is 0 Å². The lowest BCUT2D eigenvalue weighted by Crippen LogP contribution is -2.38. The predicted octanol–water partition coefficient (Wildman–Crippen LogP) is 2.77. The van der Waals surface area contributed by atoms with E-state index in [1.807, 2.05) is 25.1 Å². The number of aryl methyl sites for hydroxylation is 1. The van der Waals surface area contributed by atoms with Gasteiger partial charge in [-0.1, -0.05) is 12.1 Å². The molecule has 14 heavy (non-hydrogen) atoms. The van der Waals surface area contributed by atoms with Gasteiger partial charge in [0.2, 0.25) is 0 Å². The molecule has 2 nitrogen and oxygen atoms in total. The number of hydrogen-bond acceptors (Lipinski definition) is 2. The normalized spacial score (nSPS) is 18.6. The molecule has 0 spiro atoms. The molecule has 1 N–H and O–H groups in total. The zero-order valence-corrected chi connectivity index (χ0v) is 8.85. The van der Waals surface area contributed by atoms with Crippen molar-refractivity contribution in [3.63, 3.8) is 0 Å². The molecular weight excluding hydrogens is 174 g/mol. The summed E-state index contributed by atoms with van der Waals surface area (Å²) in [5, 5.41) is 3.41. The van der Waals surface area contributed by atoms with Crippen LogP contribution in [0.1, 0.15) is 36.2 Å². The van der Waals surface area contributed by atoms with Crippen molar-refractivity contribution in [1.29, 1.82) is 0 Å². The average Bonchev–Trinajstić information content (AvgIpc) is 2.05. The van der Waals surface area contributed by atoms with Gasteiger partial charge in [-0.05, 0) is 32.4 Å². The average molecular weight is 189 g/mol. The number of para-hydroxylation sites is 1. The molecule has 0 atom stereocenters. The van der Waals surface area contributed by atoms with Crippen molar-refractivity contribution in [2.75, 3.05) is 5.32 Å². The summed E-state index contributed by atoms with van der Waals surface area (Å²) < 4.78 is 0. The molecule has 0 amide bonds. The molecule has 0 saturated heterocycles. The van der Waals surface area contributed by atoms with Crippen molar-refractivity contribution in [3.05, 3.63) is 29.3 Å². The van der Waals surface area contributed by atoms with Crippen LogP contribution in [0.15, 0.2) is 18.2 Å². The first-order valence-electron chi connectivity index (χ1n) is 4.91. The highest BCUT2D eigenvalue weighted by Gasteiger charge is 2.30. The van der Waals surface area contributed by atoms with E-state index in [0.29, 0.717) is 6.42 Å². The molecule has 74 valence electrons. The first-order chi connectivity index (χ1) is 6.49. The van der Waals surface area contributed by atoms with Gasteiger partial charge in [-0.15, -0.1) is 0 Å². The largest absolute Gasteiger partial charge is 0.379 e. The lowest BCUT2D eigenvalue weighted by atomic mass is 9.87. The molecule has 1 heterocycles. The second-order valence-electron chi connectivity index (χ2n) is 4.61. The number of benzene rings is 1. The number of fused-ring (bicyclic) bond motifs is 1. The fourth-order valence-corrected chi connectivity index (χ4v) is 1.95. The molecule has 2 rings (SSSR count). The second kappa shape index (κ2) is 2.84. The Hall–Kier alpha value is -1.31. The number of Topliss-reactive ketones (excluding diaryl/α,β-unsaturated/α-hetero) is 1. The number of carbonyl (C=O) groups is 1. The van der Waals surface area contributed by atoms with Gasteiger partial charge < -0.3 is 5.32 Å². The van der Waals surface area contributed by atoms with Gasteiger partial charge in [0.25, 0.3) is 0 Å². The smallest absolute Gasteiger partial charge is 0.167 e. The number of hydrogen-bond donors (Lipinski definition) is 1. The topological polar surface area (TPSA) is 29.1 Å². The van der Waals surface area contributed by atoms with E-state index in [1.165, 1.54) is 0 Å². The van der Waals surface area contributed by atoms with Gasteiger partial charge in [0, 0.05) is 23.2 Å². The maximum Gasteiger partial charge on any atom is 0.167 e. The van der Waals surface area contributed by atoms with E-state index in [0.717, 1.165) is 16.8 Å². The van der Waals surface area contributed by atoms with Gasteiger partial charge in [-0.3, -0.25) is 4.79 Å². The van der Waals surface area contributed by atoms with Crippen LogP contribution in [-0.2, 0) is 0 Å². The molecule has 0 aromatic heterocycles. The summed E-state index contributed by atoms with van der Waals surface area (Å²) in [4.78, 5) is 11.8. The van der Waals surface area contributed by atoms with Gasteiger partial charge in [-0.25, -0.2) is 0 Å². The minimum absolute atomic E-state index is 0.115. The second-order valence-corrected chi connectivity index (χ2v) is 4.61. The van der Waals surface area contributed by atoms with E-state index in [-0.39, 0.29) is 11.3 Å². The van der Waals surface area contributed by atoms with Crippen molar-refractivity contribution >= 4 is 11.5 Å². The van der Waals surface area contributed by atoms with E-state index >= 15 is 0 Å². The number of ketones is 1. The molecule has 1 aliphatic heterocycles. The monoisotopic (exact) mass is 189 g/mol. The molecular formula is C12H15NO. The van der Waals surface area contributed by atoms with Crippen molar-refractivity contribution < 1.29 is 4.79 Å². The fourth-order valence-electron chi connectivity index (χ4n) is 1.95. The van der Waals surface area contributed by atoms with Crippen LogP contribution in [0.4, 0.5) is 5.69 Å². The third-order valence-electron chi connectivity index (χ3n) is 2.64. The lowest BCUT2D eigenvalue weighted by Gasteiger charge is -2.33. The number of anilines is 1. The lowest BCUT2D eigenvalue weighted by molar-refractivity contribution is 0.0958. The van der Waals surface area contributed by atoms with Crippen LogP contribution in [0.2, 0.25) is 0 Å². The van der Waals surface area contributed by atoms with E-state index in [4.69, 9.17) is 0 Å². The van der Waals surface area contributed by atoms with Gasteiger partial charge >= 0.3 is 0 Å². The van der Waals surface area contributed by atoms with Gasteiger partial charge in [0.05, 0.1) is 0 Å². The van der Waals surface area contributed by atoms with E-state index in [9.17, 15) is 4.79 Å². The third kappa shape index (κ3) is 1.41. The van der Waals surface area contributed by atoms with E-state index in [2.05, 4.69) is 19.2 Å². The summed E-state index contributed by atoms with van der Waals surface area (Å²) in [6, 6.07) is 5.86. The Kier molecular flexibility index (Phi) is 1.88. The Labute approximate surface area is 84.3 Å². The Bertz CT molecular complexity index is 393. The van der Waals surface area contributed by atoms with Crippen LogP contribution in [0.5, 0.6) is 0 Å². The van der Waals surface area contributed by atoms with Gasteiger partial charge in [0.1, 0.15) is 0 Å². The quantitative estimate of drug-likeness (QED) is 0.680. The van der Waals surface area contributed by atoms with Crippen LogP contribution in [0, 0.1) is 6.92 Å². The maximum absolute atomic E-state index is 11.8. The molecule has 0 aliphatic carbocycles. The summed E-state index contributed by atoms with van der Waals surface area (Å²) in [6.07, 6.45) is 0.573. The molecule has 1 aromatic carbocycles. The van der Waals surface area contributed by atoms with Crippen LogP contribution in [0.3, 0.4) is 0 Å². The summed E-state index contributed by atoms with van der Waals surface area (Å²) >= 11 is 0. The van der Waals surface area contributed by atoms with Gasteiger partial charge in [0.15, 0.2) is 5.78 Å². The summed E-state index contributed by atoms with van der Waals surface area (Å²) in [6.45, 7) is 6.14. The standard InChI is InChI=1S/C12H15NO/c1-8-5-4-6-9-10(14)7-12(2,3)13-11(8)9/h4-6,13H,7H2,1-3H3. The first-order valence-corrected chi connectivity index (χ1v) is 4.91. The fraction of sp³-hybridized carbons (Fsp3) is 0.417. The summed E-state index contributed by atoms with van der Waals surface area (Å²) in [7, 11) is 0. The Balaban J connectivity index is 2.56. The summed E-state index contributed by atoms with van der Waals surface area (Å²) in [5.41, 5.74) is 2.87. The van der Waals surface area contributed by atoms with Crippen LogP contribution in [-0.4, -0.2) is 11.3 Å². The zero-order chi connectivity index (χ0) is 10.3. The number of rotatable bonds is 0. The zero-order valence-electron chi connectivity index (χ0n) is 8.85. The molecule has 0 radical (unpaired) electrons. The SMILES string of the molecule is Cc1cccc2c1NC(C)(C)CC2=O. The molecule has 0 saturated carbocycles. The highest BCUT2D eigenvalue weighted by atomic mass is 16.1. The number of carbonyl (C=O) groups excluding carboxylic acids is 1. The van der Waals surface area contributed by atoms with E-state index in [1.54, 1.807) is 0 Å². The van der Waals surface area contributed by atoms with Crippen LogP contribution in [0.25, 0.3) is 0 Å². The minimum atomic E-state index is -0.115. The Morgan fingerprint density at radius 1 is 1.36 bits per heavy atom. The molecule has 2 heteroatoms.